The summed E-state index contributed by atoms with van der Waals surface area (Å²) in [5, 5.41) is 9.31. The van der Waals surface area contributed by atoms with Crippen LogP contribution in [0.3, 0.4) is 0 Å². The molecule has 3 rings (SSSR count). The van der Waals surface area contributed by atoms with Gasteiger partial charge in [-0.1, -0.05) is 48.3 Å². The van der Waals surface area contributed by atoms with Crippen LogP contribution in [0.5, 0.6) is 11.5 Å². The van der Waals surface area contributed by atoms with Crippen molar-refractivity contribution in [2.24, 2.45) is 5.10 Å². The largest absolute Gasteiger partial charge is 0.490 e. The van der Waals surface area contributed by atoms with Gasteiger partial charge in [-0.05, 0) is 66.9 Å². The van der Waals surface area contributed by atoms with Gasteiger partial charge in [-0.15, -0.1) is 0 Å². The van der Waals surface area contributed by atoms with E-state index in [1.807, 2.05) is 31.2 Å². The Balaban J connectivity index is 1.56. The highest BCUT2D eigenvalue weighted by molar-refractivity contribution is 6.45. The zero-order valence-electron chi connectivity index (χ0n) is 20.7. The zero-order valence-corrected chi connectivity index (χ0v) is 22.2. The van der Waals surface area contributed by atoms with Gasteiger partial charge in [0.1, 0.15) is 0 Å². The lowest BCUT2D eigenvalue weighted by Crippen LogP contribution is -2.32. The summed E-state index contributed by atoms with van der Waals surface area (Å²) in [5.74, 6) is -1.54. The summed E-state index contributed by atoms with van der Waals surface area (Å²) in [4.78, 5) is 36.5. The van der Waals surface area contributed by atoms with Crippen LogP contribution >= 0.6 is 23.2 Å². The Hall–Kier alpha value is -4.08. The molecule has 0 spiro atoms. The number of ether oxygens (including phenoxy) is 2. The van der Waals surface area contributed by atoms with Crippen LogP contribution in [0.1, 0.15) is 25.0 Å². The first-order valence-corrected chi connectivity index (χ1v) is 12.4. The number of nitrogens with zero attached hydrogens (tertiary/aromatic N) is 1. The molecule has 3 amide bonds. The molecule has 3 aromatic carbocycles. The molecule has 0 unspecified atom stereocenters. The Bertz CT molecular complexity index is 1330. The van der Waals surface area contributed by atoms with E-state index < -0.39 is 11.8 Å². The molecule has 0 radical (unpaired) electrons. The number of aryl methyl sites for hydroxylation is 1. The summed E-state index contributed by atoms with van der Waals surface area (Å²) in [6.45, 7) is 4.01. The second kappa shape index (κ2) is 14.0. The van der Waals surface area contributed by atoms with E-state index in [9.17, 15) is 14.4 Å². The van der Waals surface area contributed by atoms with Crippen LogP contribution in [0.4, 0.5) is 11.4 Å². The Morgan fingerprint density at radius 3 is 2.37 bits per heavy atom. The molecule has 0 aromatic heterocycles. The molecule has 198 valence electrons. The quantitative estimate of drug-likeness (QED) is 0.183. The van der Waals surface area contributed by atoms with Crippen LogP contribution in [-0.4, -0.2) is 37.1 Å². The average Bonchev–Trinajstić information content (AvgIpc) is 2.91. The van der Waals surface area contributed by atoms with Gasteiger partial charge >= 0.3 is 11.8 Å². The summed E-state index contributed by atoms with van der Waals surface area (Å²) in [6, 6.07) is 17.1. The lowest BCUT2D eigenvalue weighted by atomic mass is 10.1. The molecular formula is C27H26Cl2N4O5. The van der Waals surface area contributed by atoms with Crippen LogP contribution in [0, 0.1) is 0 Å². The van der Waals surface area contributed by atoms with E-state index in [1.165, 1.54) is 17.8 Å². The predicted molar refractivity (Wildman–Crippen MR) is 148 cm³/mol. The first-order chi connectivity index (χ1) is 18.3. The molecule has 0 saturated heterocycles. The van der Waals surface area contributed by atoms with Crippen LogP contribution in [0.2, 0.25) is 10.0 Å². The Morgan fingerprint density at radius 1 is 0.895 bits per heavy atom. The normalized spacial score (nSPS) is 10.6. The topological polar surface area (TPSA) is 118 Å². The van der Waals surface area contributed by atoms with Crippen LogP contribution in [0.25, 0.3) is 0 Å². The van der Waals surface area contributed by atoms with Crippen molar-refractivity contribution >= 4 is 58.5 Å². The van der Waals surface area contributed by atoms with Gasteiger partial charge in [-0.25, -0.2) is 5.43 Å². The first kappa shape index (κ1) is 28.5. The maximum absolute atomic E-state index is 12.3. The molecule has 0 aliphatic rings. The number of hydrogen-bond donors (Lipinski definition) is 3. The van der Waals surface area contributed by atoms with Crippen molar-refractivity contribution in [2.45, 2.75) is 20.3 Å². The average molecular weight is 557 g/mol. The highest BCUT2D eigenvalue weighted by Crippen LogP contribution is 2.30. The van der Waals surface area contributed by atoms with Gasteiger partial charge in [0, 0.05) is 5.69 Å². The SMILES string of the molecule is CCOc1cc(/C=N\NC(=O)C(=O)Nc2cccc(Cl)c2Cl)ccc1OCC(=O)Nc1ccc(CC)cc1. The third-order valence-corrected chi connectivity index (χ3v) is 5.88. The highest BCUT2D eigenvalue weighted by atomic mass is 35.5. The number of rotatable bonds is 10. The molecule has 0 heterocycles. The third-order valence-electron chi connectivity index (χ3n) is 5.06. The fourth-order valence-corrected chi connectivity index (χ4v) is 3.50. The van der Waals surface area contributed by atoms with Gasteiger partial charge in [0.05, 0.1) is 28.6 Å². The minimum Gasteiger partial charge on any atom is -0.490 e. The van der Waals surface area contributed by atoms with Crippen LogP contribution in [0.15, 0.2) is 65.8 Å². The number of carbonyl (C=O) groups is 3. The van der Waals surface area contributed by atoms with E-state index in [0.717, 1.165) is 6.42 Å². The molecular weight excluding hydrogens is 531 g/mol. The van der Waals surface area contributed by atoms with Gasteiger partial charge in [0.25, 0.3) is 5.91 Å². The maximum atomic E-state index is 12.3. The lowest BCUT2D eigenvalue weighted by Gasteiger charge is -2.13. The van der Waals surface area contributed by atoms with E-state index in [4.69, 9.17) is 32.7 Å². The van der Waals surface area contributed by atoms with Crippen molar-refractivity contribution < 1.29 is 23.9 Å². The van der Waals surface area contributed by atoms with Crippen molar-refractivity contribution in [1.29, 1.82) is 0 Å². The molecule has 3 N–H and O–H groups in total. The molecule has 0 saturated carbocycles. The molecule has 38 heavy (non-hydrogen) atoms. The summed E-state index contributed by atoms with van der Waals surface area (Å²) in [7, 11) is 0. The Kier molecular flexibility index (Phi) is 10.5. The molecule has 0 bridgehead atoms. The maximum Gasteiger partial charge on any atom is 0.329 e. The van der Waals surface area contributed by atoms with Crippen molar-refractivity contribution in [3.63, 3.8) is 0 Å². The van der Waals surface area contributed by atoms with Crippen LogP contribution < -0.4 is 25.5 Å². The number of benzene rings is 3. The number of hydrazone groups is 1. The molecule has 0 aliphatic heterocycles. The molecule has 0 atom stereocenters. The smallest absolute Gasteiger partial charge is 0.329 e. The lowest BCUT2D eigenvalue weighted by molar-refractivity contribution is -0.136. The van der Waals surface area contributed by atoms with Crippen molar-refractivity contribution in [2.75, 3.05) is 23.8 Å². The van der Waals surface area contributed by atoms with Crippen molar-refractivity contribution in [3.05, 3.63) is 81.8 Å². The van der Waals surface area contributed by atoms with Gasteiger partial charge < -0.3 is 20.1 Å². The van der Waals surface area contributed by atoms with Gasteiger partial charge in [-0.3, -0.25) is 14.4 Å². The number of carbonyl (C=O) groups excluding carboxylic acids is 3. The monoisotopic (exact) mass is 556 g/mol. The standard InChI is InChI=1S/C27H26Cl2N4O5/c1-3-17-8-11-19(12-9-17)31-24(34)16-38-22-13-10-18(14-23(22)37-4-2)15-30-33-27(36)26(35)32-21-7-5-6-20(28)25(21)29/h5-15H,3-4,16H2,1-2H3,(H,31,34)(H,32,35)(H,33,36)/b30-15-. The predicted octanol–water partition coefficient (Wildman–Crippen LogP) is 5.06. The second-order valence-corrected chi connectivity index (χ2v) is 8.57. The third kappa shape index (κ3) is 8.22. The summed E-state index contributed by atoms with van der Waals surface area (Å²) in [6.07, 6.45) is 2.25. The fraction of sp³-hybridized carbons (Fsp3) is 0.185. The zero-order chi connectivity index (χ0) is 27.5. The van der Waals surface area contributed by atoms with E-state index in [2.05, 4.69) is 28.1 Å². The number of anilines is 2. The van der Waals surface area contributed by atoms with E-state index >= 15 is 0 Å². The van der Waals surface area contributed by atoms with Crippen molar-refractivity contribution in [3.8, 4) is 11.5 Å². The molecule has 0 fully saturated rings. The summed E-state index contributed by atoms with van der Waals surface area (Å²) >= 11 is 11.9. The number of hydrogen-bond acceptors (Lipinski definition) is 6. The molecule has 0 aliphatic carbocycles. The van der Waals surface area contributed by atoms with Crippen molar-refractivity contribution in [1.82, 2.24) is 5.43 Å². The van der Waals surface area contributed by atoms with Crippen LogP contribution in [-0.2, 0) is 20.8 Å². The second-order valence-electron chi connectivity index (χ2n) is 7.78. The van der Waals surface area contributed by atoms with Gasteiger partial charge in [0.15, 0.2) is 18.1 Å². The first-order valence-electron chi connectivity index (χ1n) is 11.7. The number of amides is 3. The van der Waals surface area contributed by atoms with Gasteiger partial charge in [-0.2, -0.15) is 5.10 Å². The number of halogens is 2. The van der Waals surface area contributed by atoms with E-state index in [1.54, 1.807) is 30.3 Å². The van der Waals surface area contributed by atoms with E-state index in [-0.39, 0.29) is 28.2 Å². The fourth-order valence-electron chi connectivity index (χ4n) is 3.15. The minimum atomic E-state index is -1.00. The van der Waals surface area contributed by atoms with E-state index in [0.29, 0.717) is 29.4 Å². The summed E-state index contributed by atoms with van der Waals surface area (Å²) in [5.41, 5.74) is 4.75. The summed E-state index contributed by atoms with van der Waals surface area (Å²) < 4.78 is 11.3. The Labute approximate surface area is 230 Å². The minimum absolute atomic E-state index is 0.118. The molecule has 3 aromatic rings. The highest BCUT2D eigenvalue weighted by Gasteiger charge is 2.15. The number of nitrogens with one attached hydrogen (secondary N) is 3. The molecule has 9 nitrogen and oxygen atoms in total. The van der Waals surface area contributed by atoms with Gasteiger partial charge in [0.2, 0.25) is 0 Å². The Morgan fingerprint density at radius 2 is 1.66 bits per heavy atom. The molecule has 11 heteroatoms.